The molecule has 1 aliphatic rings. The quantitative estimate of drug-likeness (QED) is 0.248. The first-order chi connectivity index (χ1) is 14.9. The first-order valence-corrected chi connectivity index (χ1v) is 9.63. The maximum absolute atomic E-state index is 13.3. The van der Waals surface area contributed by atoms with Crippen LogP contribution in [0, 0.1) is 10.1 Å². The van der Waals surface area contributed by atoms with E-state index in [-0.39, 0.29) is 17.4 Å². The van der Waals surface area contributed by atoms with Crippen LogP contribution in [0.1, 0.15) is 28.4 Å². The van der Waals surface area contributed by atoms with Gasteiger partial charge in [-0.1, -0.05) is 30.3 Å². The molecule has 152 valence electrons. The van der Waals surface area contributed by atoms with E-state index in [2.05, 4.69) is 0 Å². The molecule has 6 nitrogen and oxygen atoms in total. The highest BCUT2D eigenvalue weighted by atomic mass is 16.6. The van der Waals surface area contributed by atoms with E-state index in [0.29, 0.717) is 28.1 Å². The molecule has 0 saturated heterocycles. The lowest BCUT2D eigenvalue weighted by atomic mass is 10.1. The average molecular weight is 410 g/mol. The number of anilines is 1. The molecule has 0 aliphatic carbocycles. The van der Waals surface area contributed by atoms with Gasteiger partial charge in [0.2, 0.25) is 0 Å². The van der Waals surface area contributed by atoms with E-state index in [1.807, 2.05) is 30.3 Å². The van der Waals surface area contributed by atoms with Gasteiger partial charge >= 0.3 is 0 Å². The first-order valence-electron chi connectivity index (χ1n) is 9.63. The average Bonchev–Trinajstić information content (AvgIpc) is 3.10. The van der Waals surface area contributed by atoms with Gasteiger partial charge in [0.15, 0.2) is 5.78 Å². The zero-order chi connectivity index (χ0) is 22.0. The molecule has 0 bridgehead atoms. The van der Waals surface area contributed by atoms with Crippen LogP contribution in [0.5, 0.6) is 0 Å². The summed E-state index contributed by atoms with van der Waals surface area (Å²) in [5, 5.41) is 10.9. The van der Waals surface area contributed by atoms with Crippen LogP contribution in [0.15, 0.2) is 90.5 Å². The molecular weight excluding hydrogens is 392 g/mol. The van der Waals surface area contributed by atoms with Crippen molar-refractivity contribution in [3.8, 4) is 0 Å². The molecule has 31 heavy (non-hydrogen) atoms. The Bertz CT molecular complexity index is 1220. The number of amides is 1. The maximum Gasteiger partial charge on any atom is 0.269 e. The standard InChI is InChI=1S/C25H18N2O4/c1-17(28)19-9-13-22(14-10-19)26-24(20-5-3-2-4-6-20)16-21(25(26)29)15-18-7-11-23(12-8-18)27(30)31/h2-16H,1H3/b21-15+. The molecule has 0 unspecified atom stereocenters. The second-order valence-corrected chi connectivity index (χ2v) is 7.09. The van der Waals surface area contributed by atoms with Gasteiger partial charge in [0.1, 0.15) is 0 Å². The molecule has 0 spiro atoms. The van der Waals surface area contributed by atoms with Gasteiger partial charge in [0, 0.05) is 29.0 Å². The Morgan fingerprint density at radius 2 is 1.58 bits per heavy atom. The number of nitro groups is 1. The summed E-state index contributed by atoms with van der Waals surface area (Å²) in [6, 6.07) is 22.5. The number of nitro benzene ring substituents is 1. The van der Waals surface area contributed by atoms with Crippen molar-refractivity contribution in [2.75, 3.05) is 4.90 Å². The molecule has 1 heterocycles. The largest absolute Gasteiger partial charge is 0.295 e. The zero-order valence-electron chi connectivity index (χ0n) is 16.7. The van der Waals surface area contributed by atoms with Crippen molar-refractivity contribution in [2.45, 2.75) is 6.92 Å². The molecule has 0 atom stereocenters. The summed E-state index contributed by atoms with van der Waals surface area (Å²) in [5.74, 6) is -0.260. The van der Waals surface area contributed by atoms with Crippen LogP contribution in [0.4, 0.5) is 11.4 Å². The van der Waals surface area contributed by atoms with Gasteiger partial charge in [-0.25, -0.2) is 0 Å². The third kappa shape index (κ3) is 4.04. The molecule has 0 N–H and O–H groups in total. The third-order valence-corrected chi connectivity index (χ3v) is 5.01. The summed E-state index contributed by atoms with van der Waals surface area (Å²) in [6.45, 7) is 1.50. The second kappa shape index (κ2) is 8.20. The van der Waals surface area contributed by atoms with Crippen LogP contribution in [0.2, 0.25) is 0 Å². The Kier molecular flexibility index (Phi) is 5.28. The number of ketones is 1. The van der Waals surface area contributed by atoms with Crippen LogP contribution >= 0.6 is 0 Å². The summed E-state index contributed by atoms with van der Waals surface area (Å²) in [4.78, 5) is 36.9. The van der Waals surface area contributed by atoms with Crippen molar-refractivity contribution in [3.05, 3.63) is 117 Å². The van der Waals surface area contributed by atoms with Crippen molar-refractivity contribution in [2.24, 2.45) is 0 Å². The number of carbonyl (C=O) groups is 2. The SMILES string of the molecule is CC(=O)c1ccc(N2C(=O)/C(=C/c3ccc([N+](=O)[O-])cc3)C=C2c2ccccc2)cc1. The molecule has 1 aliphatic heterocycles. The highest BCUT2D eigenvalue weighted by molar-refractivity contribution is 6.23. The number of benzene rings is 3. The molecule has 0 aromatic heterocycles. The normalized spacial score (nSPS) is 14.6. The number of nitrogens with zero attached hydrogens (tertiary/aromatic N) is 2. The highest BCUT2D eigenvalue weighted by Crippen LogP contribution is 2.35. The number of rotatable bonds is 5. The summed E-state index contributed by atoms with van der Waals surface area (Å²) in [7, 11) is 0. The zero-order valence-corrected chi connectivity index (χ0v) is 16.7. The monoisotopic (exact) mass is 410 g/mol. The Hall–Kier alpha value is -4.32. The number of hydrogen-bond acceptors (Lipinski definition) is 4. The van der Waals surface area contributed by atoms with Gasteiger partial charge in [-0.2, -0.15) is 0 Å². The molecule has 3 aromatic rings. The van der Waals surface area contributed by atoms with E-state index in [1.165, 1.54) is 19.1 Å². The Balaban J connectivity index is 1.76. The van der Waals surface area contributed by atoms with E-state index in [4.69, 9.17) is 0 Å². The number of non-ortho nitro benzene ring substituents is 1. The van der Waals surface area contributed by atoms with Gasteiger partial charge in [0.25, 0.3) is 11.6 Å². The predicted molar refractivity (Wildman–Crippen MR) is 119 cm³/mol. The lowest BCUT2D eigenvalue weighted by Crippen LogP contribution is -2.25. The fraction of sp³-hybridized carbons (Fsp3) is 0.0400. The van der Waals surface area contributed by atoms with Crippen LogP contribution in [-0.4, -0.2) is 16.6 Å². The van der Waals surface area contributed by atoms with E-state index >= 15 is 0 Å². The minimum atomic E-state index is -0.461. The molecule has 0 radical (unpaired) electrons. The fourth-order valence-electron chi connectivity index (χ4n) is 3.41. The van der Waals surface area contributed by atoms with Gasteiger partial charge in [0.05, 0.1) is 10.6 Å². The molecule has 3 aromatic carbocycles. The van der Waals surface area contributed by atoms with E-state index in [1.54, 1.807) is 53.5 Å². The highest BCUT2D eigenvalue weighted by Gasteiger charge is 2.30. The molecule has 1 amide bonds. The molecule has 6 heteroatoms. The van der Waals surface area contributed by atoms with Crippen LogP contribution < -0.4 is 4.90 Å². The number of Topliss-reactive ketones (excluding diaryl/α,β-unsaturated/α-hetero) is 1. The van der Waals surface area contributed by atoms with E-state index < -0.39 is 4.92 Å². The van der Waals surface area contributed by atoms with Gasteiger partial charge in [-0.15, -0.1) is 0 Å². The maximum atomic E-state index is 13.3. The molecule has 4 rings (SSSR count). The Morgan fingerprint density at radius 3 is 2.16 bits per heavy atom. The lowest BCUT2D eigenvalue weighted by Gasteiger charge is -2.21. The Labute approximate surface area is 178 Å². The van der Waals surface area contributed by atoms with E-state index in [0.717, 1.165) is 5.56 Å². The molecular formula is C25H18N2O4. The topological polar surface area (TPSA) is 80.5 Å². The molecule has 0 saturated carbocycles. The summed E-state index contributed by atoms with van der Waals surface area (Å²) >= 11 is 0. The summed E-state index contributed by atoms with van der Waals surface area (Å²) in [5.41, 5.74) is 3.95. The molecule has 0 fully saturated rings. The predicted octanol–water partition coefficient (Wildman–Crippen LogP) is 5.27. The van der Waals surface area contributed by atoms with Crippen LogP contribution in [-0.2, 0) is 4.79 Å². The second-order valence-electron chi connectivity index (χ2n) is 7.09. The van der Waals surface area contributed by atoms with Crippen LogP contribution in [0.25, 0.3) is 11.8 Å². The third-order valence-electron chi connectivity index (χ3n) is 5.01. The van der Waals surface area contributed by atoms with Gasteiger partial charge < -0.3 is 0 Å². The van der Waals surface area contributed by atoms with Crippen LogP contribution in [0.3, 0.4) is 0 Å². The lowest BCUT2D eigenvalue weighted by molar-refractivity contribution is -0.384. The van der Waals surface area contributed by atoms with Crippen molar-refractivity contribution >= 4 is 34.8 Å². The fourth-order valence-corrected chi connectivity index (χ4v) is 3.41. The number of hydrogen-bond donors (Lipinski definition) is 0. The van der Waals surface area contributed by atoms with Gasteiger partial charge in [-0.3, -0.25) is 24.6 Å². The Morgan fingerprint density at radius 1 is 0.935 bits per heavy atom. The van der Waals surface area contributed by atoms with Crippen molar-refractivity contribution in [3.63, 3.8) is 0 Å². The number of carbonyl (C=O) groups excluding carboxylic acids is 2. The van der Waals surface area contributed by atoms with Gasteiger partial charge in [-0.05, 0) is 66.6 Å². The minimum Gasteiger partial charge on any atom is -0.295 e. The van der Waals surface area contributed by atoms with Crippen molar-refractivity contribution in [1.82, 2.24) is 0 Å². The van der Waals surface area contributed by atoms with Crippen molar-refractivity contribution in [1.29, 1.82) is 0 Å². The first kappa shape index (κ1) is 20.0. The summed E-state index contributed by atoms with van der Waals surface area (Å²) in [6.07, 6.45) is 3.51. The van der Waals surface area contributed by atoms with E-state index in [9.17, 15) is 19.7 Å². The summed E-state index contributed by atoms with van der Waals surface area (Å²) < 4.78 is 0. The van der Waals surface area contributed by atoms with Crippen molar-refractivity contribution < 1.29 is 14.5 Å². The minimum absolute atomic E-state index is 0.00685. The smallest absolute Gasteiger partial charge is 0.269 e.